The van der Waals surface area contributed by atoms with Gasteiger partial charge in [-0.15, -0.1) is 0 Å². The van der Waals surface area contributed by atoms with E-state index in [9.17, 15) is 0 Å². The summed E-state index contributed by atoms with van der Waals surface area (Å²) in [6.45, 7) is 2.11. The molecule has 0 unspecified atom stereocenters. The molecule has 1 aromatic carbocycles. The third-order valence-electron chi connectivity index (χ3n) is 2.65. The summed E-state index contributed by atoms with van der Waals surface area (Å²) in [6, 6.07) is 12.6. The number of benzene rings is 1. The topological polar surface area (TPSA) is 12.9 Å². The Kier molecular flexibility index (Phi) is 3.73. The molecule has 0 spiro atoms. The van der Waals surface area contributed by atoms with Gasteiger partial charge in [-0.3, -0.25) is 4.98 Å². The average Bonchev–Trinajstić information content (AvgIpc) is 2.29. The second-order valence-corrected chi connectivity index (χ2v) is 4.82. The van der Waals surface area contributed by atoms with Crippen LogP contribution in [0.1, 0.15) is 16.8 Å². The maximum Gasteiger partial charge on any atom is 0.0436 e. The summed E-state index contributed by atoms with van der Waals surface area (Å²) >= 11 is 3.43. The fourth-order valence-corrected chi connectivity index (χ4v) is 2.18. The maximum atomic E-state index is 4.45. The van der Waals surface area contributed by atoms with Gasteiger partial charge in [-0.05, 0) is 52.9 Å². The Balaban J connectivity index is 2.05. The smallest absolute Gasteiger partial charge is 0.0436 e. The molecular formula is C14H14BrN. The first kappa shape index (κ1) is 11.3. The number of pyridine rings is 1. The lowest BCUT2D eigenvalue weighted by molar-refractivity contribution is 0.898. The lowest BCUT2D eigenvalue weighted by Gasteiger charge is -2.05. The summed E-state index contributed by atoms with van der Waals surface area (Å²) in [4.78, 5) is 4.45. The molecule has 2 rings (SSSR count). The predicted molar refractivity (Wildman–Crippen MR) is 70.5 cm³/mol. The highest BCUT2D eigenvalue weighted by Gasteiger charge is 2.01. The van der Waals surface area contributed by atoms with E-state index in [-0.39, 0.29) is 0 Å². The van der Waals surface area contributed by atoms with Gasteiger partial charge >= 0.3 is 0 Å². The van der Waals surface area contributed by atoms with Gasteiger partial charge in [0.05, 0.1) is 0 Å². The monoisotopic (exact) mass is 275 g/mol. The molecule has 0 N–H and O–H groups in total. The summed E-state index contributed by atoms with van der Waals surface area (Å²) < 4.78 is 1.05. The molecule has 0 aliphatic heterocycles. The molecule has 1 nitrogen and oxygen atoms in total. The van der Waals surface area contributed by atoms with Crippen molar-refractivity contribution in [2.24, 2.45) is 0 Å². The molecule has 0 saturated carbocycles. The van der Waals surface area contributed by atoms with E-state index in [0.29, 0.717) is 0 Å². The number of halogens is 1. The van der Waals surface area contributed by atoms with Crippen LogP contribution in [0.2, 0.25) is 0 Å². The van der Waals surface area contributed by atoms with E-state index in [1.807, 2.05) is 12.3 Å². The molecule has 2 heteroatoms. The maximum absolute atomic E-state index is 4.45. The van der Waals surface area contributed by atoms with E-state index in [4.69, 9.17) is 0 Å². The number of rotatable bonds is 3. The minimum absolute atomic E-state index is 1.00. The highest BCUT2D eigenvalue weighted by atomic mass is 79.9. The first-order valence-corrected chi connectivity index (χ1v) is 6.20. The fourth-order valence-electron chi connectivity index (χ4n) is 1.74. The van der Waals surface area contributed by atoms with Crippen molar-refractivity contribution in [3.63, 3.8) is 0 Å². The van der Waals surface area contributed by atoms with Gasteiger partial charge in [0.1, 0.15) is 0 Å². The zero-order valence-electron chi connectivity index (χ0n) is 9.28. The highest BCUT2D eigenvalue weighted by molar-refractivity contribution is 9.10. The van der Waals surface area contributed by atoms with E-state index in [1.54, 1.807) is 0 Å². The van der Waals surface area contributed by atoms with Crippen LogP contribution in [0.3, 0.4) is 0 Å². The summed E-state index contributed by atoms with van der Waals surface area (Å²) in [6.07, 6.45) is 3.92. The lowest BCUT2D eigenvalue weighted by Crippen LogP contribution is -1.97. The van der Waals surface area contributed by atoms with Crippen LogP contribution >= 0.6 is 15.9 Å². The van der Waals surface area contributed by atoms with Crippen LogP contribution in [0.25, 0.3) is 0 Å². The molecule has 0 bridgehead atoms. The molecule has 0 atom stereocenters. The quantitative estimate of drug-likeness (QED) is 0.827. The fraction of sp³-hybridized carbons (Fsp3) is 0.214. The van der Waals surface area contributed by atoms with Gasteiger partial charge in [0.2, 0.25) is 0 Å². The van der Waals surface area contributed by atoms with Crippen LogP contribution in [0.15, 0.2) is 47.1 Å². The standard InChI is InChI=1S/C14H14BrN/c1-11-9-13(15)10-16-14(11)8-7-12-5-3-2-4-6-12/h2-6,9-10H,7-8H2,1H3. The second-order valence-electron chi connectivity index (χ2n) is 3.90. The van der Waals surface area contributed by atoms with Crippen molar-refractivity contribution in [2.45, 2.75) is 19.8 Å². The van der Waals surface area contributed by atoms with Gasteiger partial charge in [-0.25, -0.2) is 0 Å². The van der Waals surface area contributed by atoms with E-state index in [0.717, 1.165) is 17.3 Å². The molecule has 2 aromatic rings. The normalized spacial score (nSPS) is 10.4. The Labute approximate surface area is 105 Å². The number of nitrogens with zero attached hydrogens (tertiary/aromatic N) is 1. The van der Waals surface area contributed by atoms with Gasteiger partial charge in [0.25, 0.3) is 0 Å². The van der Waals surface area contributed by atoms with Crippen molar-refractivity contribution in [3.05, 3.63) is 63.9 Å². The summed E-state index contributed by atoms with van der Waals surface area (Å²) in [5.41, 5.74) is 3.81. The van der Waals surface area contributed by atoms with E-state index in [1.165, 1.54) is 16.8 Å². The molecule has 1 aromatic heterocycles. The zero-order valence-corrected chi connectivity index (χ0v) is 10.9. The molecule has 0 saturated heterocycles. The van der Waals surface area contributed by atoms with Crippen LogP contribution in [-0.2, 0) is 12.8 Å². The van der Waals surface area contributed by atoms with Crippen LogP contribution in [0, 0.1) is 6.92 Å². The summed E-state index contributed by atoms with van der Waals surface area (Å²) in [5, 5.41) is 0. The molecule has 1 heterocycles. The van der Waals surface area contributed by atoms with Crippen LogP contribution in [0.4, 0.5) is 0 Å². The van der Waals surface area contributed by atoms with Gasteiger partial charge in [0.15, 0.2) is 0 Å². The first-order valence-electron chi connectivity index (χ1n) is 5.40. The third kappa shape index (κ3) is 2.92. The molecule has 0 aliphatic rings. The van der Waals surface area contributed by atoms with E-state index >= 15 is 0 Å². The minimum Gasteiger partial charge on any atom is -0.260 e. The van der Waals surface area contributed by atoms with Gasteiger partial charge < -0.3 is 0 Å². The lowest BCUT2D eigenvalue weighted by atomic mass is 10.1. The molecule has 0 amide bonds. The Morgan fingerprint density at radius 1 is 1.12 bits per heavy atom. The Morgan fingerprint density at radius 3 is 2.56 bits per heavy atom. The van der Waals surface area contributed by atoms with Gasteiger partial charge in [-0.2, -0.15) is 0 Å². The first-order chi connectivity index (χ1) is 7.75. The summed E-state index contributed by atoms with van der Waals surface area (Å²) in [5.74, 6) is 0. The van der Waals surface area contributed by atoms with E-state index in [2.05, 4.69) is 58.2 Å². The van der Waals surface area contributed by atoms with Crippen molar-refractivity contribution in [1.29, 1.82) is 0 Å². The molecule has 16 heavy (non-hydrogen) atoms. The second kappa shape index (κ2) is 5.26. The third-order valence-corrected chi connectivity index (χ3v) is 3.08. The number of aromatic nitrogens is 1. The van der Waals surface area contributed by atoms with Gasteiger partial charge in [0, 0.05) is 16.4 Å². The number of aryl methyl sites for hydroxylation is 3. The zero-order chi connectivity index (χ0) is 11.4. The summed E-state index contributed by atoms with van der Waals surface area (Å²) in [7, 11) is 0. The number of hydrogen-bond donors (Lipinski definition) is 0. The molecule has 0 radical (unpaired) electrons. The SMILES string of the molecule is Cc1cc(Br)cnc1CCc1ccccc1. The molecular weight excluding hydrogens is 262 g/mol. The van der Waals surface area contributed by atoms with Crippen LogP contribution < -0.4 is 0 Å². The minimum atomic E-state index is 1.00. The van der Waals surface area contributed by atoms with Crippen molar-refractivity contribution >= 4 is 15.9 Å². The average molecular weight is 276 g/mol. The van der Waals surface area contributed by atoms with Crippen molar-refractivity contribution in [2.75, 3.05) is 0 Å². The van der Waals surface area contributed by atoms with Crippen LogP contribution in [0.5, 0.6) is 0 Å². The largest absolute Gasteiger partial charge is 0.260 e. The van der Waals surface area contributed by atoms with Crippen molar-refractivity contribution in [1.82, 2.24) is 4.98 Å². The Morgan fingerprint density at radius 2 is 1.88 bits per heavy atom. The van der Waals surface area contributed by atoms with Crippen LogP contribution in [-0.4, -0.2) is 4.98 Å². The molecule has 82 valence electrons. The predicted octanol–water partition coefficient (Wildman–Crippen LogP) is 3.94. The number of hydrogen-bond acceptors (Lipinski definition) is 1. The van der Waals surface area contributed by atoms with E-state index < -0.39 is 0 Å². The highest BCUT2D eigenvalue weighted by Crippen LogP contribution is 2.14. The Hall–Kier alpha value is -1.15. The Bertz CT molecular complexity index is 465. The van der Waals surface area contributed by atoms with Gasteiger partial charge in [-0.1, -0.05) is 30.3 Å². The molecule has 0 fully saturated rings. The molecule has 0 aliphatic carbocycles. The van der Waals surface area contributed by atoms with Crippen molar-refractivity contribution < 1.29 is 0 Å². The van der Waals surface area contributed by atoms with Crippen molar-refractivity contribution in [3.8, 4) is 0 Å².